The molecule has 1 N–H and O–H groups in total. The quantitative estimate of drug-likeness (QED) is 0.420. The summed E-state index contributed by atoms with van der Waals surface area (Å²) in [6, 6.07) is 17.2. The highest BCUT2D eigenvalue weighted by Gasteiger charge is 2.30. The van der Waals surface area contributed by atoms with Crippen LogP contribution in [0.5, 0.6) is 0 Å². The van der Waals surface area contributed by atoms with Crippen LogP contribution in [-0.4, -0.2) is 26.8 Å². The first kappa shape index (κ1) is 23.6. The van der Waals surface area contributed by atoms with Crippen molar-refractivity contribution < 1.29 is 4.79 Å². The summed E-state index contributed by atoms with van der Waals surface area (Å²) in [6.07, 6.45) is 0. The van der Waals surface area contributed by atoms with Crippen LogP contribution < -0.4 is 10.9 Å². The van der Waals surface area contributed by atoms with Crippen LogP contribution in [0.1, 0.15) is 46.1 Å². The standard InChI is InChI=1S/C25H28N4O2S/c1-16(2)18-10-7-9-13-21(18)29-23(31)19-11-6-8-12-20(19)27-24(29)32-14-22(30)28-25(5,15-26)17(3)4/h6-13,16-17H,14H2,1-5H3,(H,28,30). The molecule has 1 heterocycles. The van der Waals surface area contributed by atoms with E-state index in [4.69, 9.17) is 4.98 Å². The Kier molecular flexibility index (Phi) is 7.05. The summed E-state index contributed by atoms with van der Waals surface area (Å²) in [4.78, 5) is 30.9. The highest BCUT2D eigenvalue weighted by molar-refractivity contribution is 7.99. The van der Waals surface area contributed by atoms with Crippen molar-refractivity contribution in [2.45, 2.75) is 51.2 Å². The van der Waals surface area contributed by atoms with Crippen LogP contribution in [0.3, 0.4) is 0 Å². The number of carbonyl (C=O) groups excluding carboxylic acids is 1. The van der Waals surface area contributed by atoms with E-state index in [1.165, 1.54) is 11.8 Å². The Morgan fingerprint density at radius 3 is 2.47 bits per heavy atom. The van der Waals surface area contributed by atoms with Gasteiger partial charge >= 0.3 is 0 Å². The topological polar surface area (TPSA) is 87.8 Å². The van der Waals surface area contributed by atoms with E-state index in [-0.39, 0.29) is 29.1 Å². The smallest absolute Gasteiger partial charge is 0.266 e. The zero-order valence-corrected chi connectivity index (χ0v) is 19.9. The number of hydrogen-bond acceptors (Lipinski definition) is 5. The number of nitriles is 1. The molecule has 1 unspecified atom stereocenters. The highest BCUT2D eigenvalue weighted by atomic mass is 32.2. The Hall–Kier alpha value is -3.11. The molecule has 0 aliphatic heterocycles. The number of rotatable bonds is 7. The molecule has 1 atom stereocenters. The number of aromatic nitrogens is 2. The summed E-state index contributed by atoms with van der Waals surface area (Å²) in [7, 11) is 0. The SMILES string of the molecule is CC(C)c1ccccc1-n1c(SCC(=O)NC(C)(C#N)C(C)C)nc2ccccc2c1=O. The first-order chi connectivity index (χ1) is 15.2. The Labute approximate surface area is 192 Å². The van der Waals surface area contributed by atoms with Gasteiger partial charge in [-0.25, -0.2) is 4.98 Å². The van der Waals surface area contributed by atoms with Crippen molar-refractivity contribution in [1.29, 1.82) is 5.26 Å². The monoisotopic (exact) mass is 448 g/mol. The molecule has 0 bridgehead atoms. The molecule has 3 rings (SSSR count). The van der Waals surface area contributed by atoms with Crippen LogP contribution in [0, 0.1) is 17.2 Å². The van der Waals surface area contributed by atoms with Crippen molar-refractivity contribution in [3.05, 3.63) is 64.4 Å². The fourth-order valence-electron chi connectivity index (χ4n) is 3.36. The summed E-state index contributed by atoms with van der Waals surface area (Å²) in [6.45, 7) is 9.65. The van der Waals surface area contributed by atoms with Gasteiger partial charge in [0.25, 0.3) is 5.56 Å². The molecule has 32 heavy (non-hydrogen) atoms. The predicted molar refractivity (Wildman–Crippen MR) is 129 cm³/mol. The second kappa shape index (κ2) is 9.58. The lowest BCUT2D eigenvalue weighted by atomic mass is 9.90. The van der Waals surface area contributed by atoms with Crippen LogP contribution in [0.2, 0.25) is 0 Å². The van der Waals surface area contributed by atoms with Crippen LogP contribution >= 0.6 is 11.8 Å². The highest BCUT2D eigenvalue weighted by Crippen LogP contribution is 2.27. The molecule has 1 aromatic heterocycles. The van der Waals surface area contributed by atoms with E-state index in [1.807, 2.05) is 50.2 Å². The van der Waals surface area contributed by atoms with Gasteiger partial charge in [-0.05, 0) is 42.5 Å². The number of carbonyl (C=O) groups is 1. The van der Waals surface area contributed by atoms with Gasteiger partial charge in [-0.1, -0.05) is 69.8 Å². The summed E-state index contributed by atoms with van der Waals surface area (Å²) < 4.78 is 1.60. The lowest BCUT2D eigenvalue weighted by Crippen LogP contribution is -2.49. The van der Waals surface area contributed by atoms with E-state index in [2.05, 4.69) is 25.2 Å². The molecular formula is C25H28N4O2S. The minimum atomic E-state index is -0.960. The Bertz CT molecular complexity index is 1240. The van der Waals surface area contributed by atoms with Gasteiger partial charge in [0.2, 0.25) is 5.91 Å². The average Bonchev–Trinajstić information content (AvgIpc) is 2.77. The number of nitrogens with zero attached hydrogens (tertiary/aromatic N) is 3. The minimum Gasteiger partial charge on any atom is -0.337 e. The molecule has 6 nitrogen and oxygen atoms in total. The molecule has 0 aliphatic carbocycles. The zero-order valence-electron chi connectivity index (χ0n) is 19.0. The Balaban J connectivity index is 2.06. The average molecular weight is 449 g/mol. The molecule has 7 heteroatoms. The summed E-state index contributed by atoms with van der Waals surface area (Å²) in [5.74, 6) is -0.0817. The van der Waals surface area contributed by atoms with Gasteiger partial charge in [0.1, 0.15) is 5.54 Å². The van der Waals surface area contributed by atoms with Crippen molar-refractivity contribution in [3.8, 4) is 11.8 Å². The fourth-order valence-corrected chi connectivity index (χ4v) is 4.16. The number of amides is 1. The maximum Gasteiger partial charge on any atom is 0.266 e. The van der Waals surface area contributed by atoms with Gasteiger partial charge in [0, 0.05) is 0 Å². The second-order valence-corrected chi connectivity index (χ2v) is 9.51. The molecular weight excluding hydrogens is 420 g/mol. The lowest BCUT2D eigenvalue weighted by molar-refractivity contribution is -0.120. The molecule has 0 aliphatic rings. The molecule has 3 aromatic rings. The van der Waals surface area contributed by atoms with Gasteiger partial charge in [0.05, 0.1) is 28.4 Å². The predicted octanol–water partition coefficient (Wildman–Crippen LogP) is 4.66. The molecule has 0 fully saturated rings. The van der Waals surface area contributed by atoms with Gasteiger partial charge in [0.15, 0.2) is 5.16 Å². The van der Waals surface area contributed by atoms with E-state index >= 15 is 0 Å². The zero-order chi connectivity index (χ0) is 23.5. The van der Waals surface area contributed by atoms with Gasteiger partial charge in [-0.15, -0.1) is 0 Å². The number of para-hydroxylation sites is 2. The third-order valence-corrected chi connectivity index (χ3v) is 6.60. The van der Waals surface area contributed by atoms with E-state index in [0.29, 0.717) is 16.1 Å². The van der Waals surface area contributed by atoms with Crippen molar-refractivity contribution in [1.82, 2.24) is 14.9 Å². The third kappa shape index (κ3) is 4.71. The molecule has 2 aromatic carbocycles. The maximum absolute atomic E-state index is 13.5. The van der Waals surface area contributed by atoms with Crippen LogP contribution in [0.15, 0.2) is 58.5 Å². The summed E-state index contributed by atoms with van der Waals surface area (Å²) in [5, 5.41) is 13.3. The molecule has 166 valence electrons. The Morgan fingerprint density at radius 1 is 1.16 bits per heavy atom. The molecule has 1 amide bonds. The molecule has 0 radical (unpaired) electrons. The molecule has 0 saturated heterocycles. The Morgan fingerprint density at radius 2 is 1.81 bits per heavy atom. The van der Waals surface area contributed by atoms with Crippen LogP contribution in [-0.2, 0) is 4.79 Å². The maximum atomic E-state index is 13.5. The number of fused-ring (bicyclic) bond motifs is 1. The third-order valence-electron chi connectivity index (χ3n) is 5.66. The van der Waals surface area contributed by atoms with Crippen LogP contribution in [0.25, 0.3) is 16.6 Å². The largest absolute Gasteiger partial charge is 0.337 e. The second-order valence-electron chi connectivity index (χ2n) is 8.57. The number of nitrogens with one attached hydrogen (secondary N) is 1. The van der Waals surface area contributed by atoms with E-state index in [0.717, 1.165) is 11.3 Å². The van der Waals surface area contributed by atoms with E-state index < -0.39 is 5.54 Å². The molecule has 0 saturated carbocycles. The van der Waals surface area contributed by atoms with Crippen LogP contribution in [0.4, 0.5) is 0 Å². The number of hydrogen-bond donors (Lipinski definition) is 1. The fraction of sp³-hybridized carbons (Fsp3) is 0.360. The summed E-state index contributed by atoms with van der Waals surface area (Å²) >= 11 is 1.19. The van der Waals surface area contributed by atoms with E-state index in [9.17, 15) is 14.9 Å². The van der Waals surface area contributed by atoms with Gasteiger partial charge in [-0.2, -0.15) is 5.26 Å². The summed E-state index contributed by atoms with van der Waals surface area (Å²) in [5.41, 5.74) is 1.24. The number of thioether (sulfide) groups is 1. The lowest BCUT2D eigenvalue weighted by Gasteiger charge is -2.27. The van der Waals surface area contributed by atoms with Gasteiger partial charge in [-0.3, -0.25) is 14.2 Å². The van der Waals surface area contributed by atoms with E-state index in [1.54, 1.807) is 23.6 Å². The van der Waals surface area contributed by atoms with Gasteiger partial charge < -0.3 is 5.32 Å². The van der Waals surface area contributed by atoms with Crippen molar-refractivity contribution >= 4 is 28.6 Å². The first-order valence-corrected chi connectivity index (χ1v) is 11.6. The molecule has 0 spiro atoms. The number of benzene rings is 2. The first-order valence-electron chi connectivity index (χ1n) is 10.6. The van der Waals surface area contributed by atoms with Crippen molar-refractivity contribution in [2.75, 3.05) is 5.75 Å². The van der Waals surface area contributed by atoms with Crippen molar-refractivity contribution in [2.24, 2.45) is 5.92 Å². The normalized spacial score (nSPS) is 13.2. The minimum absolute atomic E-state index is 0.0403. The van der Waals surface area contributed by atoms with Crippen molar-refractivity contribution in [3.63, 3.8) is 0 Å².